The zero-order valence-electron chi connectivity index (χ0n) is 7.76. The van der Waals surface area contributed by atoms with E-state index < -0.39 is 0 Å². The van der Waals surface area contributed by atoms with Gasteiger partial charge < -0.3 is 11.1 Å². The van der Waals surface area contributed by atoms with Crippen molar-refractivity contribution in [2.75, 3.05) is 19.6 Å². The van der Waals surface area contributed by atoms with Gasteiger partial charge in [0.1, 0.15) is 0 Å². The molecule has 2 rings (SSSR count). The number of hydrogen-bond acceptors (Lipinski definition) is 2. The zero-order valence-corrected chi connectivity index (χ0v) is 7.76. The summed E-state index contributed by atoms with van der Waals surface area (Å²) in [6, 6.07) is 0. The Bertz CT molecular complexity index is 125. The average molecular weight is 168 g/mol. The number of nitrogens with one attached hydrogen (secondary N) is 1. The molecular formula is C10H20N2. The Morgan fingerprint density at radius 3 is 2.42 bits per heavy atom. The van der Waals surface area contributed by atoms with Crippen molar-refractivity contribution in [3.63, 3.8) is 0 Å². The summed E-state index contributed by atoms with van der Waals surface area (Å²) in [5.74, 6) is 2.84. The highest BCUT2D eigenvalue weighted by molar-refractivity contribution is 4.88. The van der Waals surface area contributed by atoms with E-state index in [-0.39, 0.29) is 0 Å². The van der Waals surface area contributed by atoms with Crippen LogP contribution in [0.15, 0.2) is 0 Å². The molecule has 0 radical (unpaired) electrons. The Labute approximate surface area is 74.9 Å². The lowest BCUT2D eigenvalue weighted by molar-refractivity contribution is 0.103. The quantitative estimate of drug-likeness (QED) is 0.645. The van der Waals surface area contributed by atoms with E-state index in [2.05, 4.69) is 5.32 Å². The molecule has 1 aliphatic heterocycles. The van der Waals surface area contributed by atoms with Gasteiger partial charge in [0.2, 0.25) is 0 Å². The molecule has 12 heavy (non-hydrogen) atoms. The molecule has 1 saturated heterocycles. The minimum atomic E-state index is 0.887. The number of nitrogens with two attached hydrogens (primary N) is 1. The van der Waals surface area contributed by atoms with Gasteiger partial charge >= 0.3 is 0 Å². The Balaban J connectivity index is 1.98. The van der Waals surface area contributed by atoms with Gasteiger partial charge in [0.05, 0.1) is 0 Å². The minimum absolute atomic E-state index is 0.887. The standard InChI is InChI=1S/C10H20N2/c11-5-4-10-8-2-1-3-9(10)7-12-6-8/h8-10,12H,1-7,11H2. The van der Waals surface area contributed by atoms with Crippen LogP contribution in [0.2, 0.25) is 0 Å². The first-order valence-electron chi connectivity index (χ1n) is 5.32. The van der Waals surface area contributed by atoms with E-state index in [4.69, 9.17) is 5.73 Å². The summed E-state index contributed by atoms with van der Waals surface area (Å²) >= 11 is 0. The molecule has 2 unspecified atom stereocenters. The van der Waals surface area contributed by atoms with Crippen molar-refractivity contribution in [2.45, 2.75) is 25.7 Å². The summed E-state index contributed by atoms with van der Waals surface area (Å²) in [5, 5.41) is 3.53. The van der Waals surface area contributed by atoms with Gasteiger partial charge in [-0.15, -0.1) is 0 Å². The highest BCUT2D eigenvalue weighted by atomic mass is 14.9. The fourth-order valence-corrected chi connectivity index (χ4v) is 3.08. The van der Waals surface area contributed by atoms with Crippen LogP contribution in [0.3, 0.4) is 0 Å². The SMILES string of the molecule is NCCC1C2CCCC1CNC2. The predicted molar refractivity (Wildman–Crippen MR) is 50.9 cm³/mol. The molecule has 2 aliphatic rings. The van der Waals surface area contributed by atoms with Crippen LogP contribution in [0.4, 0.5) is 0 Å². The summed E-state index contributed by atoms with van der Waals surface area (Å²) < 4.78 is 0. The first-order chi connectivity index (χ1) is 5.92. The van der Waals surface area contributed by atoms with E-state index in [9.17, 15) is 0 Å². The van der Waals surface area contributed by atoms with Crippen LogP contribution in [-0.2, 0) is 0 Å². The van der Waals surface area contributed by atoms with Crippen molar-refractivity contribution in [3.05, 3.63) is 0 Å². The lowest BCUT2D eigenvalue weighted by Crippen LogP contribution is -2.46. The average Bonchev–Trinajstić information content (AvgIpc) is 2.04. The summed E-state index contributed by atoms with van der Waals surface area (Å²) in [7, 11) is 0. The predicted octanol–water partition coefficient (Wildman–Crippen LogP) is 0.971. The molecule has 0 aromatic carbocycles. The molecule has 2 heteroatoms. The molecule has 2 atom stereocenters. The van der Waals surface area contributed by atoms with Crippen LogP contribution in [0.25, 0.3) is 0 Å². The largest absolute Gasteiger partial charge is 0.330 e. The van der Waals surface area contributed by atoms with Crippen LogP contribution in [-0.4, -0.2) is 19.6 Å². The third-order valence-corrected chi connectivity index (χ3v) is 3.67. The molecule has 0 aromatic heterocycles. The third-order valence-electron chi connectivity index (χ3n) is 3.67. The molecule has 1 aliphatic carbocycles. The van der Waals surface area contributed by atoms with Gasteiger partial charge in [-0.05, 0) is 56.7 Å². The number of fused-ring (bicyclic) bond motifs is 2. The highest BCUT2D eigenvalue weighted by Crippen LogP contribution is 2.38. The molecule has 1 saturated carbocycles. The van der Waals surface area contributed by atoms with Crippen molar-refractivity contribution in [1.29, 1.82) is 0 Å². The maximum Gasteiger partial charge on any atom is -0.00176 e. The lowest BCUT2D eigenvalue weighted by atomic mass is 9.68. The fraction of sp³-hybridized carbons (Fsp3) is 1.00. The summed E-state index contributed by atoms with van der Waals surface area (Å²) in [6.45, 7) is 3.39. The smallest absolute Gasteiger partial charge is 0.00176 e. The van der Waals surface area contributed by atoms with E-state index in [1.165, 1.54) is 38.8 Å². The first-order valence-corrected chi connectivity index (χ1v) is 5.32. The molecule has 0 aromatic rings. The van der Waals surface area contributed by atoms with Crippen molar-refractivity contribution in [3.8, 4) is 0 Å². The maximum atomic E-state index is 5.64. The lowest BCUT2D eigenvalue weighted by Gasteiger charge is -2.43. The van der Waals surface area contributed by atoms with Gasteiger partial charge in [-0.1, -0.05) is 6.42 Å². The van der Waals surface area contributed by atoms with Crippen molar-refractivity contribution in [2.24, 2.45) is 23.5 Å². The van der Waals surface area contributed by atoms with Gasteiger partial charge in [0.15, 0.2) is 0 Å². The normalized spacial score (nSPS) is 41.2. The first kappa shape index (κ1) is 8.52. The van der Waals surface area contributed by atoms with Gasteiger partial charge in [-0.25, -0.2) is 0 Å². The van der Waals surface area contributed by atoms with Crippen LogP contribution in [0, 0.1) is 17.8 Å². The fourth-order valence-electron chi connectivity index (χ4n) is 3.08. The second-order valence-corrected chi connectivity index (χ2v) is 4.35. The van der Waals surface area contributed by atoms with Crippen LogP contribution in [0.5, 0.6) is 0 Å². The molecule has 70 valence electrons. The molecule has 0 spiro atoms. The number of piperidine rings is 1. The second kappa shape index (κ2) is 3.75. The monoisotopic (exact) mass is 168 g/mol. The van der Waals surface area contributed by atoms with E-state index in [0.717, 1.165) is 24.3 Å². The maximum absolute atomic E-state index is 5.64. The molecule has 2 fully saturated rings. The van der Waals surface area contributed by atoms with E-state index in [1.807, 2.05) is 0 Å². The van der Waals surface area contributed by atoms with Crippen molar-refractivity contribution < 1.29 is 0 Å². The molecular weight excluding hydrogens is 148 g/mol. The zero-order chi connectivity index (χ0) is 8.39. The van der Waals surface area contributed by atoms with Gasteiger partial charge in [-0.3, -0.25) is 0 Å². The summed E-state index contributed by atoms with van der Waals surface area (Å²) in [4.78, 5) is 0. The second-order valence-electron chi connectivity index (χ2n) is 4.35. The Morgan fingerprint density at radius 1 is 1.17 bits per heavy atom. The van der Waals surface area contributed by atoms with Crippen molar-refractivity contribution in [1.82, 2.24) is 5.32 Å². The van der Waals surface area contributed by atoms with Crippen LogP contribution in [0.1, 0.15) is 25.7 Å². The van der Waals surface area contributed by atoms with Crippen molar-refractivity contribution >= 4 is 0 Å². The summed E-state index contributed by atoms with van der Waals surface area (Å²) in [5.41, 5.74) is 5.64. The van der Waals surface area contributed by atoms with Gasteiger partial charge in [-0.2, -0.15) is 0 Å². The van der Waals surface area contributed by atoms with E-state index in [1.54, 1.807) is 0 Å². The minimum Gasteiger partial charge on any atom is -0.330 e. The Hall–Kier alpha value is -0.0800. The Kier molecular flexibility index (Phi) is 2.66. The van der Waals surface area contributed by atoms with Crippen LogP contribution >= 0.6 is 0 Å². The van der Waals surface area contributed by atoms with E-state index >= 15 is 0 Å². The van der Waals surface area contributed by atoms with Gasteiger partial charge in [0, 0.05) is 0 Å². The third kappa shape index (κ3) is 1.50. The number of hydrogen-bond donors (Lipinski definition) is 2. The van der Waals surface area contributed by atoms with Crippen LogP contribution < -0.4 is 11.1 Å². The Morgan fingerprint density at radius 2 is 1.83 bits per heavy atom. The number of rotatable bonds is 2. The molecule has 1 heterocycles. The molecule has 3 N–H and O–H groups in total. The molecule has 2 nitrogen and oxygen atoms in total. The summed E-state index contributed by atoms with van der Waals surface area (Å²) in [6.07, 6.45) is 5.59. The molecule has 2 bridgehead atoms. The topological polar surface area (TPSA) is 38.0 Å². The van der Waals surface area contributed by atoms with Gasteiger partial charge in [0.25, 0.3) is 0 Å². The highest BCUT2D eigenvalue weighted by Gasteiger charge is 2.35. The van der Waals surface area contributed by atoms with E-state index in [0.29, 0.717) is 0 Å². The molecule has 0 amide bonds.